The van der Waals surface area contributed by atoms with Crippen LogP contribution in [0.5, 0.6) is 5.75 Å². The normalized spacial score (nSPS) is 12.0. The standard InChI is InChI=1S/C25H29OPS/c1-3-25(4-2,27-23-16-9-8-13-21(23)18-28)22-15-10-14-20(24(22)26)17-19-11-6-5-7-12-19/h5-16,26-28H,3-4,17-18H2,1-2H3. The van der Waals surface area contributed by atoms with Crippen LogP contribution in [-0.2, 0) is 17.3 Å². The first-order valence-electron chi connectivity index (χ1n) is 9.95. The highest BCUT2D eigenvalue weighted by atomic mass is 32.1. The van der Waals surface area contributed by atoms with E-state index in [9.17, 15) is 5.11 Å². The Morgan fingerprint density at radius 2 is 1.46 bits per heavy atom. The van der Waals surface area contributed by atoms with E-state index in [4.69, 9.17) is 0 Å². The molecule has 3 heteroatoms. The summed E-state index contributed by atoms with van der Waals surface area (Å²) in [5.41, 5.74) is 4.59. The van der Waals surface area contributed by atoms with Crippen molar-refractivity contribution in [2.24, 2.45) is 0 Å². The molecule has 0 aliphatic carbocycles. The van der Waals surface area contributed by atoms with Crippen LogP contribution in [0, 0.1) is 0 Å². The first-order valence-corrected chi connectivity index (χ1v) is 11.6. The highest BCUT2D eigenvalue weighted by Gasteiger charge is 2.32. The molecule has 0 amide bonds. The first kappa shape index (κ1) is 21.0. The van der Waals surface area contributed by atoms with Gasteiger partial charge in [0.15, 0.2) is 0 Å². The fourth-order valence-electron chi connectivity index (χ4n) is 3.85. The van der Waals surface area contributed by atoms with E-state index in [2.05, 4.69) is 75.0 Å². The molecule has 146 valence electrons. The zero-order valence-electron chi connectivity index (χ0n) is 16.7. The van der Waals surface area contributed by atoms with Crippen LogP contribution >= 0.6 is 21.2 Å². The molecule has 0 radical (unpaired) electrons. The summed E-state index contributed by atoms with van der Waals surface area (Å²) in [6.07, 6.45) is 2.73. The molecule has 1 N–H and O–H groups in total. The van der Waals surface area contributed by atoms with Crippen molar-refractivity contribution >= 4 is 26.5 Å². The van der Waals surface area contributed by atoms with Gasteiger partial charge in [-0.15, -0.1) is 0 Å². The average molecular weight is 409 g/mol. The zero-order valence-corrected chi connectivity index (χ0v) is 18.5. The van der Waals surface area contributed by atoms with E-state index in [1.807, 2.05) is 24.3 Å². The van der Waals surface area contributed by atoms with Gasteiger partial charge in [0, 0.05) is 22.9 Å². The summed E-state index contributed by atoms with van der Waals surface area (Å²) in [6, 6.07) is 25.2. The smallest absolute Gasteiger partial charge is 0.123 e. The van der Waals surface area contributed by atoms with Crippen LogP contribution in [-0.4, -0.2) is 5.11 Å². The summed E-state index contributed by atoms with van der Waals surface area (Å²) in [5, 5.41) is 12.5. The summed E-state index contributed by atoms with van der Waals surface area (Å²) in [7, 11) is 0.601. The van der Waals surface area contributed by atoms with Crippen molar-refractivity contribution in [2.45, 2.75) is 44.0 Å². The Kier molecular flexibility index (Phi) is 7.21. The van der Waals surface area contributed by atoms with Gasteiger partial charge in [-0.05, 0) is 34.8 Å². The number of phenolic OH excluding ortho intramolecular Hbond substituents is 1. The second-order valence-corrected chi connectivity index (χ2v) is 9.27. The minimum Gasteiger partial charge on any atom is -0.507 e. The zero-order chi connectivity index (χ0) is 20.0. The highest BCUT2D eigenvalue weighted by molar-refractivity contribution is 7.79. The molecule has 0 spiro atoms. The second kappa shape index (κ2) is 9.63. The van der Waals surface area contributed by atoms with Crippen molar-refractivity contribution < 1.29 is 5.11 Å². The van der Waals surface area contributed by atoms with Gasteiger partial charge in [-0.2, -0.15) is 12.6 Å². The third-order valence-electron chi connectivity index (χ3n) is 5.64. The summed E-state index contributed by atoms with van der Waals surface area (Å²) >= 11 is 4.52. The van der Waals surface area contributed by atoms with Crippen LogP contribution in [0.1, 0.15) is 48.9 Å². The van der Waals surface area contributed by atoms with Gasteiger partial charge in [-0.3, -0.25) is 0 Å². The number of thiol groups is 1. The van der Waals surface area contributed by atoms with Gasteiger partial charge in [0.1, 0.15) is 5.75 Å². The average Bonchev–Trinajstić information content (AvgIpc) is 2.75. The fraction of sp³-hybridized carbons (Fsp3) is 0.280. The summed E-state index contributed by atoms with van der Waals surface area (Å²) in [4.78, 5) is 0. The number of benzene rings is 3. The van der Waals surface area contributed by atoms with Crippen LogP contribution in [0.25, 0.3) is 0 Å². The van der Waals surface area contributed by atoms with Gasteiger partial charge >= 0.3 is 0 Å². The highest BCUT2D eigenvalue weighted by Crippen LogP contribution is 2.50. The Morgan fingerprint density at radius 3 is 2.14 bits per heavy atom. The molecular formula is C25H29OPS. The summed E-state index contributed by atoms with van der Waals surface area (Å²) in [5.74, 6) is 1.21. The minimum absolute atomic E-state index is 0.0597. The van der Waals surface area contributed by atoms with Crippen LogP contribution in [0.4, 0.5) is 0 Å². The Labute approximate surface area is 176 Å². The lowest BCUT2D eigenvalue weighted by Gasteiger charge is -2.34. The van der Waals surface area contributed by atoms with E-state index >= 15 is 0 Å². The third-order valence-corrected chi connectivity index (χ3v) is 8.19. The van der Waals surface area contributed by atoms with E-state index < -0.39 is 0 Å². The molecular weight excluding hydrogens is 379 g/mol. The molecule has 1 nitrogen and oxygen atoms in total. The van der Waals surface area contributed by atoms with Crippen molar-refractivity contribution in [3.8, 4) is 5.75 Å². The lowest BCUT2D eigenvalue weighted by atomic mass is 9.89. The monoisotopic (exact) mass is 408 g/mol. The predicted molar refractivity (Wildman–Crippen MR) is 127 cm³/mol. The topological polar surface area (TPSA) is 20.2 Å². The number of para-hydroxylation sites is 1. The maximum Gasteiger partial charge on any atom is 0.123 e. The molecule has 0 heterocycles. The Bertz CT molecular complexity index is 903. The van der Waals surface area contributed by atoms with Gasteiger partial charge in [0.05, 0.1) is 0 Å². The molecule has 0 saturated carbocycles. The molecule has 28 heavy (non-hydrogen) atoms. The van der Waals surface area contributed by atoms with E-state index in [-0.39, 0.29) is 5.16 Å². The predicted octanol–water partition coefficient (Wildman–Crippen LogP) is 6.43. The SMILES string of the molecule is CCC(CC)(Pc1ccccc1CS)c1cccc(Cc2ccccc2)c1O. The minimum atomic E-state index is -0.0597. The molecule has 3 aromatic rings. The molecule has 0 aliphatic heterocycles. The van der Waals surface area contributed by atoms with Crippen LogP contribution in [0.15, 0.2) is 72.8 Å². The van der Waals surface area contributed by atoms with Crippen molar-refractivity contribution in [1.29, 1.82) is 0 Å². The van der Waals surface area contributed by atoms with Gasteiger partial charge in [0.25, 0.3) is 0 Å². The Balaban J connectivity index is 2.01. The first-order chi connectivity index (χ1) is 13.6. The largest absolute Gasteiger partial charge is 0.507 e. The van der Waals surface area contributed by atoms with Gasteiger partial charge in [-0.25, -0.2) is 0 Å². The maximum absolute atomic E-state index is 11.2. The molecule has 0 aromatic heterocycles. The van der Waals surface area contributed by atoms with E-state index in [1.165, 1.54) is 16.4 Å². The Hall–Kier alpha value is -1.76. The number of aromatic hydroxyl groups is 1. The third kappa shape index (κ3) is 4.45. The summed E-state index contributed by atoms with van der Waals surface area (Å²) in [6.45, 7) is 4.48. The van der Waals surface area contributed by atoms with Gasteiger partial charge in [-0.1, -0.05) is 95.2 Å². The number of hydrogen-bond acceptors (Lipinski definition) is 2. The molecule has 1 unspecified atom stereocenters. The van der Waals surface area contributed by atoms with Crippen molar-refractivity contribution in [3.05, 3.63) is 95.1 Å². The molecule has 0 saturated heterocycles. The van der Waals surface area contributed by atoms with Crippen LogP contribution in [0.3, 0.4) is 0 Å². The van der Waals surface area contributed by atoms with Gasteiger partial charge < -0.3 is 5.11 Å². The molecule has 3 rings (SSSR count). The summed E-state index contributed by atoms with van der Waals surface area (Å²) < 4.78 is 0. The lowest BCUT2D eigenvalue weighted by Crippen LogP contribution is -2.23. The van der Waals surface area contributed by atoms with Gasteiger partial charge in [0.2, 0.25) is 0 Å². The van der Waals surface area contributed by atoms with Crippen molar-refractivity contribution in [1.82, 2.24) is 0 Å². The fourth-order valence-corrected chi connectivity index (χ4v) is 5.99. The second-order valence-electron chi connectivity index (χ2n) is 7.21. The number of phenols is 1. The quantitative estimate of drug-likeness (QED) is 0.325. The lowest BCUT2D eigenvalue weighted by molar-refractivity contribution is 0.443. The van der Waals surface area contributed by atoms with Crippen molar-refractivity contribution in [2.75, 3.05) is 0 Å². The molecule has 3 aromatic carbocycles. The van der Waals surface area contributed by atoms with E-state index in [1.54, 1.807) is 0 Å². The van der Waals surface area contributed by atoms with Crippen molar-refractivity contribution in [3.63, 3.8) is 0 Å². The maximum atomic E-state index is 11.2. The number of rotatable bonds is 8. The molecule has 0 fully saturated rings. The Morgan fingerprint density at radius 1 is 0.821 bits per heavy atom. The molecule has 0 aliphatic rings. The van der Waals surface area contributed by atoms with E-state index in [0.717, 1.165) is 36.1 Å². The number of hydrogen-bond donors (Lipinski definition) is 2. The molecule has 0 bridgehead atoms. The molecule has 1 atom stereocenters. The van der Waals surface area contributed by atoms with Crippen LogP contribution in [0.2, 0.25) is 0 Å². The van der Waals surface area contributed by atoms with E-state index in [0.29, 0.717) is 14.3 Å². The van der Waals surface area contributed by atoms with Crippen LogP contribution < -0.4 is 5.30 Å².